The van der Waals surface area contributed by atoms with E-state index < -0.39 is 21.3 Å². The number of Topliss-reactive ketones (excluding diaryl/α,β-unsaturated/α-hetero) is 1. The molecule has 3 atom stereocenters. The Morgan fingerprint density at radius 3 is 2.38 bits per heavy atom. The summed E-state index contributed by atoms with van der Waals surface area (Å²) in [5, 5.41) is 0. The predicted octanol–water partition coefficient (Wildman–Crippen LogP) is 1.52. The Morgan fingerprint density at radius 1 is 1.44 bits per heavy atom. The number of hydrogen-bond donors (Lipinski definition) is 1. The molecule has 0 saturated heterocycles. The molecular weight excluding hydrogens is 228 g/mol. The predicted molar refractivity (Wildman–Crippen MR) is 59.5 cm³/mol. The van der Waals surface area contributed by atoms with Crippen LogP contribution < -0.4 is 0 Å². The van der Waals surface area contributed by atoms with E-state index in [0.29, 0.717) is 6.42 Å². The van der Waals surface area contributed by atoms with Crippen LogP contribution in [-0.2, 0) is 14.9 Å². The van der Waals surface area contributed by atoms with Crippen LogP contribution >= 0.6 is 0 Å². The standard InChI is InChI=1S/C11H18O4S/c1-7-4-8-5-9(12)11(7,10(8,2)3)6-16(13,14)15/h7-8H,4-6H2,1-3H3,(H,13,14,15). The molecule has 0 radical (unpaired) electrons. The lowest BCUT2D eigenvalue weighted by molar-refractivity contribution is -0.130. The van der Waals surface area contributed by atoms with Crippen LogP contribution in [0.5, 0.6) is 0 Å². The van der Waals surface area contributed by atoms with Gasteiger partial charge in [0.05, 0.1) is 11.2 Å². The van der Waals surface area contributed by atoms with Gasteiger partial charge in [0.1, 0.15) is 5.78 Å². The summed E-state index contributed by atoms with van der Waals surface area (Å²) < 4.78 is 31.4. The average molecular weight is 246 g/mol. The second-order valence-corrected chi connectivity index (χ2v) is 7.33. The minimum Gasteiger partial charge on any atom is -0.299 e. The van der Waals surface area contributed by atoms with Gasteiger partial charge in [0.25, 0.3) is 10.1 Å². The summed E-state index contributed by atoms with van der Waals surface area (Å²) in [6.07, 6.45) is 1.35. The average Bonchev–Trinajstić information content (AvgIpc) is 2.33. The normalized spacial score (nSPS) is 41.6. The Balaban J connectivity index is 2.53. The van der Waals surface area contributed by atoms with E-state index in [4.69, 9.17) is 4.55 Å². The Labute approximate surface area is 96.2 Å². The van der Waals surface area contributed by atoms with Crippen molar-refractivity contribution in [2.24, 2.45) is 22.7 Å². The molecule has 2 rings (SSSR count). The van der Waals surface area contributed by atoms with Crippen LogP contribution in [0.1, 0.15) is 33.6 Å². The third-order valence-electron chi connectivity index (χ3n) is 4.99. The molecule has 1 N–H and O–H groups in total. The fourth-order valence-corrected chi connectivity index (χ4v) is 5.39. The van der Waals surface area contributed by atoms with E-state index >= 15 is 0 Å². The van der Waals surface area contributed by atoms with Gasteiger partial charge in [-0.1, -0.05) is 20.8 Å². The van der Waals surface area contributed by atoms with Gasteiger partial charge in [-0.15, -0.1) is 0 Å². The Kier molecular flexibility index (Phi) is 2.31. The number of hydrogen-bond acceptors (Lipinski definition) is 3. The molecule has 0 heterocycles. The maximum atomic E-state index is 12.1. The maximum absolute atomic E-state index is 12.1. The van der Waals surface area contributed by atoms with Gasteiger partial charge in [0.15, 0.2) is 0 Å². The Hall–Kier alpha value is -0.420. The van der Waals surface area contributed by atoms with Gasteiger partial charge in [-0.2, -0.15) is 8.42 Å². The SMILES string of the molecule is CC1CC2CC(=O)C1(CS(=O)(=O)O)C2(C)C. The lowest BCUT2D eigenvalue weighted by atomic mass is 9.66. The zero-order valence-corrected chi connectivity index (χ0v) is 10.7. The first-order chi connectivity index (χ1) is 7.11. The molecular formula is C11H18O4S. The second kappa shape index (κ2) is 3.07. The highest BCUT2D eigenvalue weighted by atomic mass is 32.2. The molecule has 2 bridgehead atoms. The number of carbonyl (C=O) groups is 1. The van der Waals surface area contributed by atoms with Crippen molar-refractivity contribution in [2.45, 2.75) is 33.6 Å². The first-order valence-electron chi connectivity index (χ1n) is 5.60. The minimum absolute atomic E-state index is 0.0128. The van der Waals surface area contributed by atoms with Crippen molar-refractivity contribution in [1.82, 2.24) is 0 Å². The molecule has 0 aliphatic heterocycles. The molecule has 2 aliphatic rings. The topological polar surface area (TPSA) is 71.4 Å². The molecule has 16 heavy (non-hydrogen) atoms. The summed E-state index contributed by atoms with van der Waals surface area (Å²) in [6.45, 7) is 5.83. The lowest BCUT2D eigenvalue weighted by Gasteiger charge is -2.38. The van der Waals surface area contributed by atoms with Crippen LogP contribution in [0.15, 0.2) is 0 Å². The zero-order chi connectivity index (χ0) is 12.4. The van der Waals surface area contributed by atoms with Crippen LogP contribution in [0.4, 0.5) is 0 Å². The van der Waals surface area contributed by atoms with Crippen LogP contribution in [0.2, 0.25) is 0 Å². The van der Waals surface area contributed by atoms with Crippen LogP contribution in [0, 0.1) is 22.7 Å². The fraction of sp³-hybridized carbons (Fsp3) is 0.909. The molecule has 92 valence electrons. The van der Waals surface area contributed by atoms with E-state index in [9.17, 15) is 13.2 Å². The van der Waals surface area contributed by atoms with Gasteiger partial charge in [0.2, 0.25) is 0 Å². The van der Waals surface area contributed by atoms with E-state index in [2.05, 4.69) is 0 Å². The van der Waals surface area contributed by atoms with Gasteiger partial charge >= 0.3 is 0 Å². The summed E-state index contributed by atoms with van der Waals surface area (Å²) in [4.78, 5) is 12.1. The monoisotopic (exact) mass is 246 g/mol. The number of rotatable bonds is 2. The van der Waals surface area contributed by atoms with Crippen molar-refractivity contribution in [3.8, 4) is 0 Å². The van der Waals surface area contributed by atoms with Gasteiger partial charge in [0, 0.05) is 6.42 Å². The second-order valence-electron chi connectivity index (χ2n) is 5.88. The first kappa shape index (κ1) is 12.0. The molecule has 3 unspecified atom stereocenters. The number of ketones is 1. The van der Waals surface area contributed by atoms with Gasteiger partial charge < -0.3 is 0 Å². The zero-order valence-electron chi connectivity index (χ0n) is 9.86. The van der Waals surface area contributed by atoms with E-state index in [1.54, 1.807) is 0 Å². The fourth-order valence-electron chi connectivity index (χ4n) is 4.00. The van der Waals surface area contributed by atoms with Crippen LogP contribution in [0.25, 0.3) is 0 Å². The Morgan fingerprint density at radius 2 is 2.00 bits per heavy atom. The van der Waals surface area contributed by atoms with E-state index in [0.717, 1.165) is 6.42 Å². The van der Waals surface area contributed by atoms with Gasteiger partial charge in [-0.3, -0.25) is 9.35 Å². The molecule has 2 fully saturated rings. The van der Waals surface area contributed by atoms with Crippen molar-refractivity contribution >= 4 is 15.9 Å². The van der Waals surface area contributed by atoms with Crippen molar-refractivity contribution in [3.05, 3.63) is 0 Å². The highest BCUT2D eigenvalue weighted by Crippen LogP contribution is 2.66. The third kappa shape index (κ3) is 1.31. The smallest absolute Gasteiger partial charge is 0.265 e. The summed E-state index contributed by atoms with van der Waals surface area (Å²) >= 11 is 0. The van der Waals surface area contributed by atoms with Crippen molar-refractivity contribution < 1.29 is 17.8 Å². The lowest BCUT2D eigenvalue weighted by Crippen LogP contribution is -2.46. The highest BCUT2D eigenvalue weighted by Gasteiger charge is 2.68. The quantitative estimate of drug-likeness (QED) is 0.750. The molecule has 0 aromatic heterocycles. The highest BCUT2D eigenvalue weighted by molar-refractivity contribution is 7.85. The molecule has 2 saturated carbocycles. The van der Waals surface area contributed by atoms with Crippen molar-refractivity contribution in [2.75, 3.05) is 5.75 Å². The molecule has 2 aliphatic carbocycles. The summed E-state index contributed by atoms with van der Waals surface area (Å²) in [5.41, 5.74) is -1.19. The number of fused-ring (bicyclic) bond motifs is 2. The van der Waals surface area contributed by atoms with E-state index in [-0.39, 0.29) is 23.0 Å². The molecule has 0 aromatic carbocycles. The molecule has 0 amide bonds. The van der Waals surface area contributed by atoms with Crippen LogP contribution in [-0.4, -0.2) is 24.5 Å². The molecule has 4 nitrogen and oxygen atoms in total. The van der Waals surface area contributed by atoms with E-state index in [1.165, 1.54) is 0 Å². The van der Waals surface area contributed by atoms with Crippen LogP contribution in [0.3, 0.4) is 0 Å². The molecule has 5 heteroatoms. The Bertz CT molecular complexity index is 437. The van der Waals surface area contributed by atoms with Crippen molar-refractivity contribution in [3.63, 3.8) is 0 Å². The largest absolute Gasteiger partial charge is 0.299 e. The summed E-state index contributed by atoms with van der Waals surface area (Å²) in [5.74, 6) is -0.102. The summed E-state index contributed by atoms with van der Waals surface area (Å²) in [7, 11) is -4.11. The van der Waals surface area contributed by atoms with Crippen molar-refractivity contribution in [1.29, 1.82) is 0 Å². The summed E-state index contributed by atoms with van der Waals surface area (Å²) in [6, 6.07) is 0. The molecule has 0 aromatic rings. The van der Waals surface area contributed by atoms with Gasteiger partial charge in [-0.05, 0) is 23.7 Å². The molecule has 0 spiro atoms. The van der Waals surface area contributed by atoms with E-state index in [1.807, 2.05) is 20.8 Å². The maximum Gasteiger partial charge on any atom is 0.265 e. The number of carbonyl (C=O) groups excluding carboxylic acids is 1. The third-order valence-corrected chi connectivity index (χ3v) is 5.81. The van der Waals surface area contributed by atoms with Gasteiger partial charge in [-0.25, -0.2) is 0 Å². The minimum atomic E-state index is -4.11. The first-order valence-corrected chi connectivity index (χ1v) is 7.20.